The van der Waals surface area contributed by atoms with Crippen LogP contribution in [-0.2, 0) is 0 Å². The maximum atomic E-state index is 14.5. The van der Waals surface area contributed by atoms with Gasteiger partial charge in [0.1, 0.15) is 0 Å². The van der Waals surface area contributed by atoms with Gasteiger partial charge in [0, 0.05) is 6.04 Å². The van der Waals surface area contributed by atoms with Crippen LogP contribution in [0.3, 0.4) is 0 Å². The lowest BCUT2D eigenvalue weighted by atomic mass is 9.85. The van der Waals surface area contributed by atoms with Gasteiger partial charge in [-0.25, -0.2) is 8.78 Å². The predicted octanol–water partition coefficient (Wildman–Crippen LogP) is 2.86. The fourth-order valence-corrected chi connectivity index (χ4v) is 3.55. The first-order chi connectivity index (χ1) is 9.67. The lowest BCUT2D eigenvalue weighted by molar-refractivity contribution is -0.0951. The Balaban J connectivity index is 1.70. The minimum absolute atomic E-state index is 0.0861. The third kappa shape index (κ3) is 2.86. The van der Waals surface area contributed by atoms with E-state index in [0.717, 1.165) is 38.0 Å². The topological polar surface area (TPSA) is 15.3 Å². The molecular weight excluding hydrogens is 258 g/mol. The van der Waals surface area contributed by atoms with Crippen molar-refractivity contribution in [3.05, 3.63) is 35.9 Å². The molecule has 1 aromatic rings. The minimum atomic E-state index is -2.62. The molecule has 0 aromatic heterocycles. The van der Waals surface area contributed by atoms with Gasteiger partial charge in [0.25, 0.3) is 5.92 Å². The van der Waals surface area contributed by atoms with E-state index in [9.17, 15) is 8.78 Å². The van der Waals surface area contributed by atoms with E-state index in [4.69, 9.17) is 0 Å². The number of likely N-dealkylation sites (tertiary alicyclic amines) is 1. The second kappa shape index (κ2) is 5.78. The molecule has 2 aliphatic heterocycles. The van der Waals surface area contributed by atoms with Crippen molar-refractivity contribution < 1.29 is 8.78 Å². The highest BCUT2D eigenvalue weighted by Gasteiger charge is 2.46. The number of benzene rings is 1. The molecule has 3 rings (SSSR count). The number of rotatable bonds is 2. The Labute approximate surface area is 119 Å². The van der Waals surface area contributed by atoms with Crippen LogP contribution in [0.5, 0.6) is 0 Å². The number of piperidine rings is 2. The molecule has 2 fully saturated rings. The van der Waals surface area contributed by atoms with E-state index in [0.29, 0.717) is 12.5 Å². The molecule has 1 unspecified atom stereocenters. The van der Waals surface area contributed by atoms with Crippen molar-refractivity contribution in [2.75, 3.05) is 26.2 Å². The van der Waals surface area contributed by atoms with Gasteiger partial charge in [-0.1, -0.05) is 30.3 Å². The summed E-state index contributed by atoms with van der Waals surface area (Å²) in [5, 5.41) is 3.29. The van der Waals surface area contributed by atoms with E-state index in [2.05, 4.69) is 5.32 Å². The Morgan fingerprint density at radius 2 is 1.75 bits per heavy atom. The van der Waals surface area contributed by atoms with E-state index < -0.39 is 11.8 Å². The third-order valence-electron chi connectivity index (χ3n) is 4.66. The standard InChI is InChI=1S/C16H22F2N2/c17-16(18)12-20(14-6-9-19-10-7-14)11-8-15(16)13-4-2-1-3-5-13/h1-5,14-15,19H,6-12H2. The van der Waals surface area contributed by atoms with Crippen LogP contribution in [0.1, 0.15) is 30.7 Å². The molecule has 110 valence electrons. The normalized spacial score (nSPS) is 28.4. The summed E-state index contributed by atoms with van der Waals surface area (Å²) in [7, 11) is 0. The van der Waals surface area contributed by atoms with Crippen LogP contribution < -0.4 is 5.32 Å². The lowest BCUT2D eigenvalue weighted by Crippen LogP contribution is -2.53. The lowest BCUT2D eigenvalue weighted by Gasteiger charge is -2.43. The highest BCUT2D eigenvalue weighted by Crippen LogP contribution is 2.41. The summed E-state index contributed by atoms with van der Waals surface area (Å²) >= 11 is 0. The van der Waals surface area contributed by atoms with Gasteiger partial charge in [0.15, 0.2) is 0 Å². The second-order valence-electron chi connectivity index (χ2n) is 5.96. The quantitative estimate of drug-likeness (QED) is 0.896. The van der Waals surface area contributed by atoms with Gasteiger partial charge in [-0.05, 0) is 44.5 Å². The van der Waals surface area contributed by atoms with Crippen LogP contribution in [0, 0.1) is 0 Å². The molecule has 1 aromatic carbocycles. The SMILES string of the molecule is FC1(F)CN(C2CCNCC2)CCC1c1ccccc1. The monoisotopic (exact) mass is 280 g/mol. The molecule has 1 atom stereocenters. The van der Waals surface area contributed by atoms with Crippen LogP contribution in [0.15, 0.2) is 30.3 Å². The molecule has 0 aliphatic carbocycles. The van der Waals surface area contributed by atoms with Crippen LogP contribution >= 0.6 is 0 Å². The molecule has 20 heavy (non-hydrogen) atoms. The molecule has 2 aliphatic rings. The number of hydrogen-bond donors (Lipinski definition) is 1. The van der Waals surface area contributed by atoms with Gasteiger partial charge < -0.3 is 5.32 Å². The van der Waals surface area contributed by atoms with Crippen LogP contribution in [-0.4, -0.2) is 43.0 Å². The first-order valence-electron chi connectivity index (χ1n) is 7.54. The maximum absolute atomic E-state index is 14.5. The Hall–Kier alpha value is -1.00. The Kier molecular flexibility index (Phi) is 4.03. The first-order valence-corrected chi connectivity index (χ1v) is 7.54. The van der Waals surface area contributed by atoms with Gasteiger partial charge in [0.05, 0.1) is 12.5 Å². The smallest absolute Gasteiger partial charge is 0.267 e. The molecule has 2 saturated heterocycles. The van der Waals surface area contributed by atoms with Crippen molar-refractivity contribution in [3.63, 3.8) is 0 Å². The van der Waals surface area contributed by atoms with Crippen molar-refractivity contribution in [1.29, 1.82) is 0 Å². The van der Waals surface area contributed by atoms with Gasteiger partial charge in [-0.3, -0.25) is 4.90 Å². The van der Waals surface area contributed by atoms with Crippen LogP contribution in [0.25, 0.3) is 0 Å². The van der Waals surface area contributed by atoms with Gasteiger partial charge >= 0.3 is 0 Å². The average molecular weight is 280 g/mol. The predicted molar refractivity (Wildman–Crippen MR) is 76.2 cm³/mol. The first kappa shape index (κ1) is 14.0. The van der Waals surface area contributed by atoms with E-state index in [1.54, 1.807) is 0 Å². The zero-order valence-electron chi connectivity index (χ0n) is 11.7. The fourth-order valence-electron chi connectivity index (χ4n) is 3.55. The Morgan fingerprint density at radius 1 is 1.05 bits per heavy atom. The molecule has 1 N–H and O–H groups in total. The molecule has 2 nitrogen and oxygen atoms in total. The van der Waals surface area contributed by atoms with E-state index in [1.807, 2.05) is 35.2 Å². The largest absolute Gasteiger partial charge is 0.317 e. The molecule has 2 heterocycles. The summed E-state index contributed by atoms with van der Waals surface area (Å²) in [5.41, 5.74) is 0.780. The van der Waals surface area contributed by atoms with Gasteiger partial charge in [-0.2, -0.15) is 0 Å². The van der Waals surface area contributed by atoms with Crippen LogP contribution in [0.4, 0.5) is 8.78 Å². The van der Waals surface area contributed by atoms with E-state index >= 15 is 0 Å². The Bertz CT molecular complexity index is 429. The molecular formula is C16H22F2N2. The molecule has 0 bridgehead atoms. The molecule has 0 radical (unpaired) electrons. The highest BCUT2D eigenvalue weighted by atomic mass is 19.3. The molecule has 0 spiro atoms. The summed E-state index contributed by atoms with van der Waals surface area (Å²) < 4.78 is 29.0. The van der Waals surface area contributed by atoms with Gasteiger partial charge in [0.2, 0.25) is 0 Å². The molecule has 0 saturated carbocycles. The summed E-state index contributed by atoms with van der Waals surface area (Å²) in [6, 6.07) is 9.58. The number of halogens is 2. The summed E-state index contributed by atoms with van der Waals surface area (Å²) in [6.07, 6.45) is 2.54. The van der Waals surface area contributed by atoms with E-state index in [1.165, 1.54) is 0 Å². The Morgan fingerprint density at radius 3 is 2.40 bits per heavy atom. The van der Waals surface area contributed by atoms with Crippen molar-refractivity contribution in [2.24, 2.45) is 0 Å². The zero-order chi connectivity index (χ0) is 14.0. The summed E-state index contributed by atoms with van der Waals surface area (Å²) in [4.78, 5) is 2.01. The minimum Gasteiger partial charge on any atom is -0.317 e. The van der Waals surface area contributed by atoms with Crippen molar-refractivity contribution in [2.45, 2.75) is 37.1 Å². The van der Waals surface area contributed by atoms with Crippen molar-refractivity contribution in [1.82, 2.24) is 10.2 Å². The maximum Gasteiger partial charge on any atom is 0.267 e. The van der Waals surface area contributed by atoms with Crippen molar-refractivity contribution in [3.8, 4) is 0 Å². The average Bonchev–Trinajstić information content (AvgIpc) is 2.48. The summed E-state index contributed by atoms with van der Waals surface area (Å²) in [6.45, 7) is 2.61. The zero-order valence-corrected chi connectivity index (χ0v) is 11.7. The van der Waals surface area contributed by atoms with Gasteiger partial charge in [-0.15, -0.1) is 0 Å². The molecule has 0 amide bonds. The van der Waals surface area contributed by atoms with Crippen LogP contribution in [0.2, 0.25) is 0 Å². The number of alkyl halides is 2. The number of nitrogens with one attached hydrogen (secondary N) is 1. The number of hydrogen-bond acceptors (Lipinski definition) is 2. The molecule has 4 heteroatoms. The van der Waals surface area contributed by atoms with E-state index in [-0.39, 0.29) is 6.54 Å². The van der Waals surface area contributed by atoms with Crippen molar-refractivity contribution >= 4 is 0 Å². The fraction of sp³-hybridized carbons (Fsp3) is 0.625. The second-order valence-corrected chi connectivity index (χ2v) is 5.96. The number of nitrogens with zero attached hydrogens (tertiary/aromatic N) is 1. The summed E-state index contributed by atoms with van der Waals surface area (Å²) in [5.74, 6) is -3.24. The third-order valence-corrected chi connectivity index (χ3v) is 4.66. The highest BCUT2D eigenvalue weighted by molar-refractivity contribution is 5.23.